The number of nitrogens with zero attached hydrogens (tertiary/aromatic N) is 1. The van der Waals surface area contributed by atoms with Crippen molar-refractivity contribution in [3.8, 4) is 0 Å². The van der Waals surface area contributed by atoms with Crippen molar-refractivity contribution in [3.05, 3.63) is 34.3 Å². The summed E-state index contributed by atoms with van der Waals surface area (Å²) in [6, 6.07) is 6.71. The molecule has 2 rings (SSSR count). The fourth-order valence-electron chi connectivity index (χ4n) is 2.39. The van der Waals surface area contributed by atoms with Gasteiger partial charge in [-0.05, 0) is 43.0 Å². The van der Waals surface area contributed by atoms with Crippen LogP contribution in [-0.2, 0) is 6.54 Å². The van der Waals surface area contributed by atoms with E-state index in [1.807, 2.05) is 6.92 Å². The second-order valence-electron chi connectivity index (χ2n) is 5.25. The molecular formula is C14H21ClN2. The molecule has 1 saturated heterocycles. The minimum atomic E-state index is 0.368. The van der Waals surface area contributed by atoms with Crippen molar-refractivity contribution in [2.24, 2.45) is 11.7 Å². The maximum atomic E-state index is 6.14. The molecule has 0 radical (unpaired) electrons. The molecule has 2 N–H and O–H groups in total. The molecule has 1 aliphatic heterocycles. The first kappa shape index (κ1) is 12.9. The lowest BCUT2D eigenvalue weighted by Crippen LogP contribution is -2.45. The molecule has 1 heterocycles. The summed E-state index contributed by atoms with van der Waals surface area (Å²) in [6.07, 6.45) is 1.10. The Labute approximate surface area is 109 Å². The Morgan fingerprint density at radius 1 is 1.47 bits per heavy atom. The van der Waals surface area contributed by atoms with Gasteiger partial charge < -0.3 is 5.73 Å². The van der Waals surface area contributed by atoms with Crippen LogP contribution in [0.3, 0.4) is 0 Å². The Kier molecular flexibility index (Phi) is 4.08. The van der Waals surface area contributed by atoms with Crippen LogP contribution in [0.2, 0.25) is 5.02 Å². The highest BCUT2D eigenvalue weighted by Crippen LogP contribution is 2.20. The monoisotopic (exact) mass is 252 g/mol. The average molecular weight is 253 g/mol. The van der Waals surface area contributed by atoms with Crippen LogP contribution >= 0.6 is 11.6 Å². The Balaban J connectivity index is 1.99. The maximum absolute atomic E-state index is 6.14. The summed E-state index contributed by atoms with van der Waals surface area (Å²) in [7, 11) is 0. The van der Waals surface area contributed by atoms with Crippen molar-refractivity contribution in [1.82, 2.24) is 4.90 Å². The van der Waals surface area contributed by atoms with Crippen molar-refractivity contribution < 1.29 is 0 Å². The van der Waals surface area contributed by atoms with Gasteiger partial charge in [-0.2, -0.15) is 0 Å². The molecule has 17 heavy (non-hydrogen) atoms. The minimum absolute atomic E-state index is 0.368. The number of likely N-dealkylation sites (tertiary alicyclic amines) is 1. The summed E-state index contributed by atoms with van der Waals surface area (Å²) in [5, 5.41) is 0.865. The highest BCUT2D eigenvalue weighted by molar-refractivity contribution is 6.31. The van der Waals surface area contributed by atoms with Gasteiger partial charge in [-0.15, -0.1) is 0 Å². The molecule has 3 heteroatoms. The number of rotatable bonds is 2. The van der Waals surface area contributed by atoms with E-state index in [4.69, 9.17) is 17.3 Å². The van der Waals surface area contributed by atoms with Gasteiger partial charge >= 0.3 is 0 Å². The van der Waals surface area contributed by atoms with E-state index in [-0.39, 0.29) is 0 Å². The molecule has 1 aromatic rings. The van der Waals surface area contributed by atoms with Crippen molar-refractivity contribution in [2.45, 2.75) is 32.9 Å². The van der Waals surface area contributed by atoms with Crippen LogP contribution in [0.25, 0.3) is 0 Å². The molecule has 0 saturated carbocycles. The van der Waals surface area contributed by atoms with E-state index in [9.17, 15) is 0 Å². The lowest BCUT2D eigenvalue weighted by molar-refractivity contribution is 0.158. The SMILES string of the molecule is Cc1ccc(CN2CCC(N)C(C)C2)cc1Cl. The van der Waals surface area contributed by atoms with Gasteiger partial charge in [0, 0.05) is 24.2 Å². The first-order valence-corrected chi connectivity index (χ1v) is 6.67. The summed E-state index contributed by atoms with van der Waals surface area (Å²) >= 11 is 6.14. The smallest absolute Gasteiger partial charge is 0.0438 e. The lowest BCUT2D eigenvalue weighted by Gasteiger charge is -2.35. The molecule has 0 amide bonds. The Morgan fingerprint density at radius 3 is 2.88 bits per heavy atom. The molecule has 1 aromatic carbocycles. The highest BCUT2D eigenvalue weighted by atomic mass is 35.5. The van der Waals surface area contributed by atoms with E-state index < -0.39 is 0 Å². The molecule has 0 aliphatic carbocycles. The Bertz CT molecular complexity index is 392. The Hall–Kier alpha value is -0.570. The standard InChI is InChI=1S/C14H21ClN2/c1-10-3-4-12(7-13(10)15)9-17-6-5-14(16)11(2)8-17/h3-4,7,11,14H,5-6,8-9,16H2,1-2H3. The van der Waals surface area contributed by atoms with E-state index in [1.165, 1.54) is 5.56 Å². The van der Waals surface area contributed by atoms with Gasteiger partial charge in [0.05, 0.1) is 0 Å². The fourth-order valence-corrected chi connectivity index (χ4v) is 2.59. The van der Waals surface area contributed by atoms with Gasteiger partial charge in [0.25, 0.3) is 0 Å². The van der Waals surface area contributed by atoms with Crippen molar-refractivity contribution in [1.29, 1.82) is 0 Å². The van der Waals surface area contributed by atoms with Crippen LogP contribution in [0.4, 0.5) is 0 Å². The molecule has 1 fully saturated rings. The molecule has 1 aliphatic rings. The molecule has 94 valence electrons. The first-order valence-electron chi connectivity index (χ1n) is 6.29. The summed E-state index contributed by atoms with van der Waals surface area (Å²) in [5.41, 5.74) is 8.47. The molecule has 2 unspecified atom stereocenters. The first-order chi connectivity index (χ1) is 8.06. The van der Waals surface area contributed by atoms with Crippen molar-refractivity contribution in [3.63, 3.8) is 0 Å². The third-order valence-corrected chi connectivity index (χ3v) is 4.11. The predicted octanol–water partition coefficient (Wildman–Crippen LogP) is 2.82. The van der Waals surface area contributed by atoms with Crippen LogP contribution in [-0.4, -0.2) is 24.0 Å². The van der Waals surface area contributed by atoms with Gasteiger partial charge in [-0.25, -0.2) is 0 Å². The van der Waals surface area contributed by atoms with Crippen molar-refractivity contribution in [2.75, 3.05) is 13.1 Å². The third-order valence-electron chi connectivity index (χ3n) is 3.70. The molecule has 0 bridgehead atoms. The zero-order chi connectivity index (χ0) is 12.4. The summed E-state index contributed by atoms with van der Waals surface area (Å²) in [4.78, 5) is 2.47. The number of hydrogen-bond acceptors (Lipinski definition) is 2. The third kappa shape index (κ3) is 3.21. The zero-order valence-corrected chi connectivity index (χ0v) is 11.4. The number of piperidine rings is 1. The van der Waals surface area contributed by atoms with Crippen molar-refractivity contribution >= 4 is 11.6 Å². The van der Waals surface area contributed by atoms with Gasteiger partial charge in [0.2, 0.25) is 0 Å². The van der Waals surface area contributed by atoms with E-state index in [2.05, 4.69) is 30.0 Å². The molecule has 0 spiro atoms. The van der Waals surface area contributed by atoms with Crippen LogP contribution in [0.15, 0.2) is 18.2 Å². The minimum Gasteiger partial charge on any atom is -0.327 e. The van der Waals surface area contributed by atoms with Crippen LogP contribution in [0, 0.1) is 12.8 Å². The average Bonchev–Trinajstić information content (AvgIpc) is 2.29. The van der Waals surface area contributed by atoms with Gasteiger partial charge in [-0.1, -0.05) is 30.7 Å². The van der Waals surface area contributed by atoms with Gasteiger partial charge in [0.1, 0.15) is 0 Å². The van der Waals surface area contributed by atoms with E-state index in [0.717, 1.165) is 36.6 Å². The maximum Gasteiger partial charge on any atom is 0.0438 e. The number of nitrogens with two attached hydrogens (primary N) is 1. The predicted molar refractivity (Wildman–Crippen MR) is 73.2 cm³/mol. The summed E-state index contributed by atoms with van der Waals surface area (Å²) < 4.78 is 0. The molecule has 0 aromatic heterocycles. The summed E-state index contributed by atoms with van der Waals surface area (Å²) in [6.45, 7) is 7.44. The topological polar surface area (TPSA) is 29.3 Å². The van der Waals surface area contributed by atoms with Crippen LogP contribution < -0.4 is 5.73 Å². The number of benzene rings is 1. The van der Waals surface area contributed by atoms with Crippen LogP contribution in [0.1, 0.15) is 24.5 Å². The largest absolute Gasteiger partial charge is 0.327 e. The number of aryl methyl sites for hydroxylation is 1. The lowest BCUT2D eigenvalue weighted by atomic mass is 9.94. The Morgan fingerprint density at radius 2 is 2.24 bits per heavy atom. The molecular weight excluding hydrogens is 232 g/mol. The zero-order valence-electron chi connectivity index (χ0n) is 10.6. The quantitative estimate of drug-likeness (QED) is 0.877. The highest BCUT2D eigenvalue weighted by Gasteiger charge is 2.22. The van der Waals surface area contributed by atoms with E-state index >= 15 is 0 Å². The van der Waals surface area contributed by atoms with Crippen LogP contribution in [0.5, 0.6) is 0 Å². The fraction of sp³-hybridized carbons (Fsp3) is 0.571. The molecule has 2 atom stereocenters. The number of hydrogen-bond donors (Lipinski definition) is 1. The van der Waals surface area contributed by atoms with Gasteiger partial charge in [0.15, 0.2) is 0 Å². The normalized spacial score (nSPS) is 26.1. The molecule has 2 nitrogen and oxygen atoms in total. The second kappa shape index (κ2) is 5.38. The van der Waals surface area contributed by atoms with Gasteiger partial charge in [-0.3, -0.25) is 4.90 Å². The summed E-state index contributed by atoms with van der Waals surface area (Å²) in [5.74, 6) is 0.588. The van der Waals surface area contributed by atoms with E-state index in [1.54, 1.807) is 0 Å². The number of halogens is 1. The second-order valence-corrected chi connectivity index (χ2v) is 5.66. The van der Waals surface area contributed by atoms with E-state index in [0.29, 0.717) is 12.0 Å².